The molecule has 7 heteroatoms. The molecule has 1 fully saturated rings. The maximum Gasteiger partial charge on any atom is 0.326 e. The third-order valence-electron chi connectivity index (χ3n) is 3.90. The molecule has 124 valence electrons. The molecule has 0 spiro atoms. The van der Waals surface area contributed by atoms with Gasteiger partial charge in [-0.05, 0) is 40.4 Å². The summed E-state index contributed by atoms with van der Waals surface area (Å²) < 4.78 is 0.778. The van der Waals surface area contributed by atoms with Crippen molar-refractivity contribution in [3.63, 3.8) is 0 Å². The number of rotatable bonds is 5. The van der Waals surface area contributed by atoms with Gasteiger partial charge in [-0.1, -0.05) is 26.0 Å². The lowest BCUT2D eigenvalue weighted by Gasteiger charge is -2.21. The van der Waals surface area contributed by atoms with Crippen LogP contribution < -0.4 is 10.2 Å². The normalized spacial score (nSPS) is 19.0. The van der Waals surface area contributed by atoms with Crippen LogP contribution in [0, 0.1) is 11.8 Å². The molecule has 1 aromatic carbocycles. The summed E-state index contributed by atoms with van der Waals surface area (Å²) in [4.78, 5) is 37.6. The van der Waals surface area contributed by atoms with Crippen molar-refractivity contribution in [2.24, 2.45) is 11.8 Å². The highest BCUT2D eigenvalue weighted by molar-refractivity contribution is 9.10. The summed E-state index contributed by atoms with van der Waals surface area (Å²) in [5.41, 5.74) is 0.714. The van der Waals surface area contributed by atoms with Crippen LogP contribution in [-0.2, 0) is 14.4 Å². The number of carboxylic acid groups (broad SMARTS) is 1. The van der Waals surface area contributed by atoms with Crippen LogP contribution in [0.15, 0.2) is 28.7 Å². The van der Waals surface area contributed by atoms with Gasteiger partial charge < -0.3 is 15.3 Å². The molecule has 1 saturated heterocycles. The zero-order chi connectivity index (χ0) is 17.1. The topological polar surface area (TPSA) is 86.7 Å². The minimum absolute atomic E-state index is 0.257. The molecule has 1 heterocycles. The number of anilines is 1. The zero-order valence-electron chi connectivity index (χ0n) is 13.0. The first kappa shape index (κ1) is 17.5. The van der Waals surface area contributed by atoms with Gasteiger partial charge in [-0.2, -0.15) is 0 Å². The molecular weight excluding hydrogens is 364 g/mol. The fourth-order valence-electron chi connectivity index (χ4n) is 2.60. The molecule has 23 heavy (non-hydrogen) atoms. The Morgan fingerprint density at radius 2 is 2.00 bits per heavy atom. The van der Waals surface area contributed by atoms with E-state index in [0.29, 0.717) is 18.7 Å². The first-order valence-electron chi connectivity index (χ1n) is 7.42. The molecule has 2 amide bonds. The Kier molecular flexibility index (Phi) is 5.41. The highest BCUT2D eigenvalue weighted by atomic mass is 79.9. The molecule has 2 atom stereocenters. The van der Waals surface area contributed by atoms with Gasteiger partial charge in [-0.25, -0.2) is 4.79 Å². The summed E-state index contributed by atoms with van der Waals surface area (Å²) in [6.45, 7) is 3.85. The highest BCUT2D eigenvalue weighted by Gasteiger charge is 2.39. The lowest BCUT2D eigenvalue weighted by atomic mass is 10.0. The molecule has 6 nitrogen and oxygen atoms in total. The van der Waals surface area contributed by atoms with E-state index in [0.717, 1.165) is 4.47 Å². The number of hydrogen-bond donors (Lipinski definition) is 2. The number of hydrogen-bond acceptors (Lipinski definition) is 3. The third kappa shape index (κ3) is 3.72. The van der Waals surface area contributed by atoms with Crippen LogP contribution in [0.4, 0.5) is 5.69 Å². The molecule has 1 aliphatic heterocycles. The smallest absolute Gasteiger partial charge is 0.326 e. The first-order valence-corrected chi connectivity index (χ1v) is 8.21. The molecule has 0 aliphatic carbocycles. The molecule has 1 unspecified atom stereocenters. The summed E-state index contributed by atoms with van der Waals surface area (Å²) in [6, 6.07) is 6.30. The monoisotopic (exact) mass is 382 g/mol. The summed E-state index contributed by atoms with van der Waals surface area (Å²) in [5, 5.41) is 11.6. The Labute approximate surface area is 143 Å². The van der Waals surface area contributed by atoms with Gasteiger partial charge in [-0.3, -0.25) is 9.59 Å². The number of para-hydroxylation sites is 1. The number of nitrogens with zero attached hydrogens (tertiary/aromatic N) is 1. The molecule has 0 saturated carbocycles. The van der Waals surface area contributed by atoms with Crippen LogP contribution in [0.25, 0.3) is 0 Å². The van der Waals surface area contributed by atoms with Crippen molar-refractivity contribution in [2.45, 2.75) is 26.3 Å². The fourth-order valence-corrected chi connectivity index (χ4v) is 3.10. The maximum atomic E-state index is 12.5. The Hall–Kier alpha value is -1.89. The molecule has 2 rings (SSSR count). The zero-order valence-corrected chi connectivity index (χ0v) is 14.5. The van der Waals surface area contributed by atoms with Crippen molar-refractivity contribution in [1.29, 1.82) is 0 Å². The van der Waals surface area contributed by atoms with Crippen molar-refractivity contribution in [3.05, 3.63) is 28.7 Å². The second-order valence-corrected chi connectivity index (χ2v) is 6.71. The molecule has 2 N–H and O–H groups in total. The predicted molar refractivity (Wildman–Crippen MR) is 89.0 cm³/mol. The van der Waals surface area contributed by atoms with Gasteiger partial charge in [-0.15, -0.1) is 0 Å². The van der Waals surface area contributed by atoms with Crippen LogP contribution in [0.3, 0.4) is 0 Å². The number of aliphatic carboxylic acids is 1. The van der Waals surface area contributed by atoms with Gasteiger partial charge in [0.25, 0.3) is 0 Å². The highest BCUT2D eigenvalue weighted by Crippen LogP contribution is 2.31. The number of carboxylic acids is 1. The number of carbonyl (C=O) groups is 3. The summed E-state index contributed by atoms with van der Waals surface area (Å²) in [6.07, 6.45) is 0.371. The van der Waals surface area contributed by atoms with Gasteiger partial charge in [0, 0.05) is 11.0 Å². The van der Waals surface area contributed by atoms with Gasteiger partial charge in [0.15, 0.2) is 0 Å². The standard InChI is InChI=1S/C16H19BrN2O4/c1-9(2)13(16(22)23)18-14(20)10-7-8-19(15(10)21)12-6-4-3-5-11(12)17/h3-6,9-10,13H,7-8H2,1-2H3,(H,18,20)(H,22,23)/t10?,13-/m0/s1. The summed E-state index contributed by atoms with van der Waals surface area (Å²) in [5.74, 6) is -3.02. The lowest BCUT2D eigenvalue weighted by Crippen LogP contribution is -2.48. The van der Waals surface area contributed by atoms with Crippen molar-refractivity contribution in [1.82, 2.24) is 5.32 Å². The van der Waals surface area contributed by atoms with Crippen molar-refractivity contribution < 1.29 is 19.5 Å². The van der Waals surface area contributed by atoms with Crippen LogP contribution in [-0.4, -0.2) is 35.5 Å². The van der Waals surface area contributed by atoms with Crippen molar-refractivity contribution in [3.8, 4) is 0 Å². The minimum Gasteiger partial charge on any atom is -0.480 e. The fraction of sp³-hybridized carbons (Fsp3) is 0.438. The van der Waals surface area contributed by atoms with Crippen LogP contribution in [0.2, 0.25) is 0 Å². The van der Waals surface area contributed by atoms with Gasteiger partial charge in [0.2, 0.25) is 11.8 Å². The Bertz CT molecular complexity index is 632. The van der Waals surface area contributed by atoms with E-state index in [2.05, 4.69) is 21.2 Å². The van der Waals surface area contributed by atoms with E-state index in [-0.39, 0.29) is 11.8 Å². The summed E-state index contributed by atoms with van der Waals surface area (Å²) >= 11 is 3.40. The summed E-state index contributed by atoms with van der Waals surface area (Å²) in [7, 11) is 0. The van der Waals surface area contributed by atoms with Crippen LogP contribution in [0.1, 0.15) is 20.3 Å². The van der Waals surface area contributed by atoms with Gasteiger partial charge in [0.1, 0.15) is 12.0 Å². The third-order valence-corrected chi connectivity index (χ3v) is 4.57. The van der Waals surface area contributed by atoms with Gasteiger partial charge >= 0.3 is 5.97 Å². The second kappa shape index (κ2) is 7.12. The molecule has 0 aromatic heterocycles. The van der Waals surface area contributed by atoms with E-state index >= 15 is 0 Å². The number of benzene rings is 1. The Morgan fingerprint density at radius 3 is 2.57 bits per heavy atom. The molecular formula is C16H19BrN2O4. The van der Waals surface area contributed by atoms with E-state index in [9.17, 15) is 14.4 Å². The molecule has 1 aromatic rings. The quantitative estimate of drug-likeness (QED) is 0.762. The minimum atomic E-state index is -1.10. The largest absolute Gasteiger partial charge is 0.480 e. The van der Waals surface area contributed by atoms with E-state index < -0.39 is 23.8 Å². The van der Waals surface area contributed by atoms with Crippen molar-refractivity contribution >= 4 is 39.4 Å². The van der Waals surface area contributed by atoms with E-state index in [4.69, 9.17) is 5.11 Å². The van der Waals surface area contributed by atoms with Crippen LogP contribution in [0.5, 0.6) is 0 Å². The Morgan fingerprint density at radius 1 is 1.35 bits per heavy atom. The average molecular weight is 383 g/mol. The second-order valence-electron chi connectivity index (χ2n) is 5.85. The van der Waals surface area contributed by atoms with Crippen LogP contribution >= 0.6 is 15.9 Å². The van der Waals surface area contributed by atoms with E-state index in [1.54, 1.807) is 24.8 Å². The molecule has 0 radical (unpaired) electrons. The number of carbonyl (C=O) groups excluding carboxylic acids is 2. The number of amides is 2. The lowest BCUT2D eigenvalue weighted by molar-refractivity contribution is -0.144. The SMILES string of the molecule is CC(C)[C@H](NC(=O)C1CCN(c2ccccc2Br)C1=O)C(=O)O. The Balaban J connectivity index is 2.11. The van der Waals surface area contributed by atoms with Gasteiger partial charge in [0.05, 0.1) is 5.69 Å². The number of nitrogens with one attached hydrogen (secondary N) is 1. The predicted octanol–water partition coefficient (Wildman–Crippen LogP) is 2.03. The maximum absolute atomic E-state index is 12.5. The number of halogens is 1. The molecule has 1 aliphatic rings. The van der Waals surface area contributed by atoms with Crippen molar-refractivity contribution in [2.75, 3.05) is 11.4 Å². The first-order chi connectivity index (χ1) is 10.8. The average Bonchev–Trinajstić information content (AvgIpc) is 2.86. The molecule has 0 bridgehead atoms. The van der Waals surface area contributed by atoms with E-state index in [1.807, 2.05) is 18.2 Å². The van der Waals surface area contributed by atoms with E-state index in [1.165, 1.54) is 0 Å².